The van der Waals surface area contributed by atoms with Gasteiger partial charge in [-0.2, -0.15) is 0 Å². The molecule has 0 aliphatic heterocycles. The molecule has 2 aromatic rings. The number of rotatable bonds is 5. The first kappa shape index (κ1) is 14.2. The van der Waals surface area contributed by atoms with E-state index < -0.39 is 12.1 Å². The molecule has 0 aliphatic rings. The second-order valence-corrected chi connectivity index (χ2v) is 4.47. The molecule has 0 radical (unpaired) electrons. The minimum Gasteiger partial charge on any atom is -0.493 e. The van der Waals surface area contributed by atoms with E-state index in [-0.39, 0.29) is 0 Å². The summed E-state index contributed by atoms with van der Waals surface area (Å²) >= 11 is 5.80. The van der Waals surface area contributed by atoms with Crippen LogP contribution in [0.4, 0.5) is 0 Å². The fourth-order valence-electron chi connectivity index (χ4n) is 1.74. The minimum atomic E-state index is -1.12. The van der Waals surface area contributed by atoms with E-state index in [0.29, 0.717) is 22.1 Å². The fourth-order valence-corrected chi connectivity index (χ4v) is 1.87. The van der Waals surface area contributed by atoms with Crippen LogP contribution in [-0.4, -0.2) is 18.2 Å². The summed E-state index contributed by atoms with van der Waals surface area (Å²) in [6.45, 7) is 0. The molecule has 0 aromatic heterocycles. The first-order chi connectivity index (χ1) is 9.61. The average molecular weight is 293 g/mol. The van der Waals surface area contributed by atoms with Gasteiger partial charge in [0.15, 0.2) is 11.5 Å². The Kier molecular flexibility index (Phi) is 4.48. The molecule has 4 nitrogen and oxygen atoms in total. The highest BCUT2D eigenvalue weighted by Crippen LogP contribution is 2.31. The summed E-state index contributed by atoms with van der Waals surface area (Å²) in [7, 11) is 1.50. The fraction of sp³-hybridized carbons (Fsp3) is 0.133. The van der Waals surface area contributed by atoms with Crippen molar-refractivity contribution in [3.05, 3.63) is 59.1 Å². The number of aliphatic carboxylic acids is 1. The van der Waals surface area contributed by atoms with Gasteiger partial charge >= 0.3 is 5.97 Å². The second-order valence-electron chi connectivity index (χ2n) is 4.04. The number of hydrogen-bond donors (Lipinski definition) is 1. The van der Waals surface area contributed by atoms with Crippen LogP contribution < -0.4 is 9.47 Å². The van der Waals surface area contributed by atoms with Crippen LogP contribution in [0.5, 0.6) is 11.5 Å². The summed E-state index contributed by atoms with van der Waals surface area (Å²) in [5.41, 5.74) is 0.507. The van der Waals surface area contributed by atoms with Gasteiger partial charge in [0, 0.05) is 10.6 Å². The standard InChI is InChI=1S/C15H13ClO4/c1-19-12-4-2-3-5-13(12)20-14(15(17)18)10-6-8-11(16)9-7-10/h2-9,14H,1H3,(H,17,18). The van der Waals surface area contributed by atoms with Crippen molar-refractivity contribution in [3.63, 3.8) is 0 Å². The highest BCUT2D eigenvalue weighted by Gasteiger charge is 2.23. The third-order valence-electron chi connectivity index (χ3n) is 2.71. The molecule has 0 aliphatic carbocycles. The van der Waals surface area contributed by atoms with E-state index >= 15 is 0 Å². The van der Waals surface area contributed by atoms with Crippen LogP contribution in [0.3, 0.4) is 0 Å². The van der Waals surface area contributed by atoms with Crippen LogP contribution in [0, 0.1) is 0 Å². The maximum Gasteiger partial charge on any atom is 0.349 e. The zero-order chi connectivity index (χ0) is 14.5. The molecule has 104 valence electrons. The number of benzene rings is 2. The average Bonchev–Trinajstić information content (AvgIpc) is 2.46. The van der Waals surface area contributed by atoms with Crippen molar-refractivity contribution in [1.82, 2.24) is 0 Å². The number of methoxy groups -OCH3 is 1. The molecule has 1 N–H and O–H groups in total. The number of hydrogen-bond acceptors (Lipinski definition) is 3. The molecule has 0 spiro atoms. The summed E-state index contributed by atoms with van der Waals surface area (Å²) < 4.78 is 10.7. The smallest absolute Gasteiger partial charge is 0.349 e. The maximum atomic E-state index is 11.4. The van der Waals surface area contributed by atoms with E-state index in [0.717, 1.165) is 0 Å². The van der Waals surface area contributed by atoms with E-state index in [1.807, 2.05) is 0 Å². The lowest BCUT2D eigenvalue weighted by Crippen LogP contribution is -2.18. The van der Waals surface area contributed by atoms with Crippen LogP contribution >= 0.6 is 11.6 Å². The topological polar surface area (TPSA) is 55.8 Å². The first-order valence-corrected chi connectivity index (χ1v) is 6.27. The Labute approximate surface area is 121 Å². The van der Waals surface area contributed by atoms with Crippen LogP contribution in [0.15, 0.2) is 48.5 Å². The van der Waals surface area contributed by atoms with E-state index in [9.17, 15) is 9.90 Å². The Bertz CT molecular complexity index is 595. The lowest BCUT2D eigenvalue weighted by Gasteiger charge is -2.17. The van der Waals surface area contributed by atoms with Crippen LogP contribution in [0.25, 0.3) is 0 Å². The summed E-state index contributed by atoms with van der Waals surface area (Å²) in [6.07, 6.45) is -1.12. The van der Waals surface area contributed by atoms with E-state index in [4.69, 9.17) is 21.1 Å². The summed E-state index contributed by atoms with van der Waals surface area (Å²) in [5, 5.41) is 9.86. The van der Waals surface area contributed by atoms with Gasteiger partial charge in [-0.15, -0.1) is 0 Å². The lowest BCUT2D eigenvalue weighted by atomic mass is 10.1. The quantitative estimate of drug-likeness (QED) is 0.915. The lowest BCUT2D eigenvalue weighted by molar-refractivity contribution is -0.145. The van der Waals surface area contributed by atoms with E-state index in [1.54, 1.807) is 48.5 Å². The van der Waals surface area contributed by atoms with Crippen molar-refractivity contribution >= 4 is 17.6 Å². The molecule has 1 unspecified atom stereocenters. The second kappa shape index (κ2) is 6.30. The molecule has 0 saturated heterocycles. The van der Waals surface area contributed by atoms with Crippen LogP contribution in [0.1, 0.15) is 11.7 Å². The van der Waals surface area contributed by atoms with Gasteiger partial charge in [-0.3, -0.25) is 0 Å². The Morgan fingerprint density at radius 3 is 2.25 bits per heavy atom. The maximum absolute atomic E-state index is 11.4. The monoisotopic (exact) mass is 292 g/mol. The van der Waals surface area contributed by atoms with Gasteiger partial charge in [0.25, 0.3) is 0 Å². The SMILES string of the molecule is COc1ccccc1OC(C(=O)O)c1ccc(Cl)cc1. The Morgan fingerprint density at radius 1 is 1.10 bits per heavy atom. The van der Waals surface area contributed by atoms with Gasteiger partial charge < -0.3 is 14.6 Å². The van der Waals surface area contributed by atoms with Gasteiger partial charge in [-0.05, 0) is 24.3 Å². The minimum absolute atomic E-state index is 0.373. The third kappa shape index (κ3) is 3.22. The molecule has 0 heterocycles. The first-order valence-electron chi connectivity index (χ1n) is 5.89. The molecule has 0 bridgehead atoms. The Balaban J connectivity index is 2.30. The predicted molar refractivity (Wildman–Crippen MR) is 75.5 cm³/mol. The van der Waals surface area contributed by atoms with E-state index in [2.05, 4.69) is 0 Å². The van der Waals surface area contributed by atoms with Gasteiger partial charge in [0.2, 0.25) is 6.10 Å². The summed E-state index contributed by atoms with van der Waals surface area (Å²) in [6, 6.07) is 13.4. The molecule has 2 aromatic carbocycles. The van der Waals surface area contributed by atoms with Crippen molar-refractivity contribution in [2.75, 3.05) is 7.11 Å². The van der Waals surface area contributed by atoms with Gasteiger partial charge in [0.05, 0.1) is 7.11 Å². The molecular formula is C15H13ClO4. The molecule has 5 heteroatoms. The molecule has 1 atom stereocenters. The Morgan fingerprint density at radius 2 is 1.70 bits per heavy atom. The van der Waals surface area contributed by atoms with Crippen molar-refractivity contribution in [1.29, 1.82) is 0 Å². The number of halogens is 1. The largest absolute Gasteiger partial charge is 0.493 e. The molecule has 20 heavy (non-hydrogen) atoms. The number of carboxylic acid groups (broad SMARTS) is 1. The number of ether oxygens (including phenoxy) is 2. The van der Waals surface area contributed by atoms with Gasteiger partial charge in [-0.25, -0.2) is 4.79 Å². The van der Waals surface area contributed by atoms with Crippen molar-refractivity contribution in [3.8, 4) is 11.5 Å². The van der Waals surface area contributed by atoms with Gasteiger partial charge in [0.1, 0.15) is 0 Å². The van der Waals surface area contributed by atoms with Crippen molar-refractivity contribution in [2.24, 2.45) is 0 Å². The van der Waals surface area contributed by atoms with Crippen LogP contribution in [-0.2, 0) is 4.79 Å². The normalized spacial score (nSPS) is 11.7. The zero-order valence-electron chi connectivity index (χ0n) is 10.7. The van der Waals surface area contributed by atoms with Crippen molar-refractivity contribution < 1.29 is 19.4 Å². The van der Waals surface area contributed by atoms with Crippen molar-refractivity contribution in [2.45, 2.75) is 6.10 Å². The highest BCUT2D eigenvalue weighted by atomic mass is 35.5. The number of carbonyl (C=O) groups is 1. The molecule has 0 saturated carbocycles. The predicted octanol–water partition coefficient (Wildman–Crippen LogP) is 3.55. The summed E-state index contributed by atoms with van der Waals surface area (Å²) in [4.78, 5) is 11.4. The molecule has 2 rings (SSSR count). The molecular weight excluding hydrogens is 280 g/mol. The van der Waals surface area contributed by atoms with Crippen LogP contribution in [0.2, 0.25) is 5.02 Å². The highest BCUT2D eigenvalue weighted by molar-refractivity contribution is 6.30. The zero-order valence-corrected chi connectivity index (χ0v) is 11.5. The number of para-hydroxylation sites is 2. The molecule has 0 amide bonds. The number of carboxylic acids is 1. The molecule has 0 fully saturated rings. The summed E-state index contributed by atoms with van der Waals surface area (Å²) in [5.74, 6) is -0.233. The third-order valence-corrected chi connectivity index (χ3v) is 2.96. The van der Waals surface area contributed by atoms with Gasteiger partial charge in [-0.1, -0.05) is 35.9 Å². The Hall–Kier alpha value is -2.20. The van der Waals surface area contributed by atoms with E-state index in [1.165, 1.54) is 7.11 Å².